The Labute approximate surface area is 196 Å². The molecule has 8 heteroatoms. The van der Waals surface area contributed by atoms with Crippen LogP contribution >= 0.6 is 11.3 Å². The molecule has 1 unspecified atom stereocenters. The monoisotopic (exact) mass is 456 g/mol. The van der Waals surface area contributed by atoms with E-state index in [0.29, 0.717) is 23.9 Å². The molecule has 5 rings (SSSR count). The topological polar surface area (TPSA) is 99.5 Å². The zero-order valence-corrected chi connectivity index (χ0v) is 19.3. The maximum atomic E-state index is 9.55. The van der Waals surface area contributed by atoms with Crippen molar-refractivity contribution >= 4 is 11.3 Å². The van der Waals surface area contributed by atoms with E-state index in [1.54, 1.807) is 17.5 Å². The Kier molecular flexibility index (Phi) is 5.90. The number of imidazole rings is 1. The molecule has 0 saturated heterocycles. The van der Waals surface area contributed by atoms with Crippen LogP contribution in [0.1, 0.15) is 48.8 Å². The van der Waals surface area contributed by atoms with Crippen molar-refractivity contribution in [3.63, 3.8) is 0 Å². The SMILES string of the molecule is CC(C)Oc1ccc(-c2nnc(-c3cccc4c3CCC4NCc3ncc[nH]3)s2)cc1C#N. The fourth-order valence-corrected chi connectivity index (χ4v) is 5.13. The summed E-state index contributed by atoms with van der Waals surface area (Å²) in [5, 5.41) is 23.8. The lowest BCUT2D eigenvalue weighted by atomic mass is 10.0. The normalized spacial score (nSPS) is 14.9. The molecular weight excluding hydrogens is 432 g/mol. The molecule has 0 radical (unpaired) electrons. The second kappa shape index (κ2) is 9.14. The summed E-state index contributed by atoms with van der Waals surface area (Å²) in [5.74, 6) is 1.53. The molecule has 1 atom stereocenters. The summed E-state index contributed by atoms with van der Waals surface area (Å²) >= 11 is 1.55. The Morgan fingerprint density at radius 1 is 1.24 bits per heavy atom. The zero-order valence-electron chi connectivity index (χ0n) is 18.5. The first-order valence-corrected chi connectivity index (χ1v) is 11.8. The molecule has 0 fully saturated rings. The summed E-state index contributed by atoms with van der Waals surface area (Å²) in [6, 6.07) is 14.5. The lowest BCUT2D eigenvalue weighted by molar-refractivity contribution is 0.242. The molecule has 0 saturated carbocycles. The van der Waals surface area contributed by atoms with Crippen molar-refractivity contribution in [2.24, 2.45) is 0 Å². The van der Waals surface area contributed by atoms with Gasteiger partial charge in [0.25, 0.3) is 0 Å². The lowest BCUT2D eigenvalue weighted by Gasteiger charge is -2.13. The molecule has 0 spiro atoms. The van der Waals surface area contributed by atoms with Gasteiger partial charge in [-0.25, -0.2) is 4.98 Å². The van der Waals surface area contributed by atoms with Crippen molar-refractivity contribution < 1.29 is 4.74 Å². The fraction of sp³-hybridized carbons (Fsp3) is 0.280. The molecule has 2 aromatic carbocycles. The maximum absolute atomic E-state index is 9.55. The van der Waals surface area contributed by atoms with Gasteiger partial charge in [0.05, 0.1) is 18.2 Å². The van der Waals surface area contributed by atoms with Gasteiger partial charge in [-0.1, -0.05) is 29.5 Å². The van der Waals surface area contributed by atoms with Gasteiger partial charge in [-0.05, 0) is 56.0 Å². The van der Waals surface area contributed by atoms with E-state index in [4.69, 9.17) is 4.74 Å². The van der Waals surface area contributed by atoms with E-state index in [2.05, 4.69) is 49.8 Å². The Morgan fingerprint density at radius 2 is 2.12 bits per heavy atom. The highest BCUT2D eigenvalue weighted by Gasteiger charge is 2.26. The van der Waals surface area contributed by atoms with Gasteiger partial charge < -0.3 is 15.0 Å². The average molecular weight is 457 g/mol. The number of rotatable bonds is 7. The van der Waals surface area contributed by atoms with Crippen molar-refractivity contribution in [3.05, 3.63) is 71.3 Å². The minimum absolute atomic E-state index is 0.00801. The molecule has 7 nitrogen and oxygen atoms in total. The summed E-state index contributed by atoms with van der Waals surface area (Å²) in [7, 11) is 0. The Hall–Kier alpha value is -3.54. The average Bonchev–Trinajstić information content (AvgIpc) is 3.58. The maximum Gasteiger partial charge on any atom is 0.148 e. The molecule has 2 N–H and O–H groups in total. The van der Waals surface area contributed by atoms with Crippen LogP contribution in [-0.2, 0) is 13.0 Å². The van der Waals surface area contributed by atoms with Crippen LogP contribution in [0, 0.1) is 11.3 Å². The first-order valence-electron chi connectivity index (χ1n) is 11.0. The van der Waals surface area contributed by atoms with Crippen LogP contribution < -0.4 is 10.1 Å². The summed E-state index contributed by atoms with van der Waals surface area (Å²) in [4.78, 5) is 7.44. The highest BCUT2D eigenvalue weighted by molar-refractivity contribution is 7.17. The van der Waals surface area contributed by atoms with E-state index in [9.17, 15) is 5.26 Å². The van der Waals surface area contributed by atoms with E-state index >= 15 is 0 Å². The number of H-pyrrole nitrogens is 1. The number of ether oxygens (including phenoxy) is 1. The number of nitrogens with zero attached hydrogens (tertiary/aromatic N) is 4. The second-order valence-corrected chi connectivity index (χ2v) is 9.26. The third kappa shape index (κ3) is 4.38. The first kappa shape index (κ1) is 21.3. The van der Waals surface area contributed by atoms with E-state index in [1.807, 2.05) is 38.2 Å². The summed E-state index contributed by atoms with van der Waals surface area (Å²) < 4.78 is 5.74. The van der Waals surface area contributed by atoms with Crippen LogP contribution in [0.15, 0.2) is 48.8 Å². The third-order valence-corrected chi connectivity index (χ3v) is 6.71. The zero-order chi connectivity index (χ0) is 22.8. The number of aromatic amines is 1. The number of fused-ring (bicyclic) bond motifs is 1. The van der Waals surface area contributed by atoms with Crippen LogP contribution in [0.3, 0.4) is 0 Å². The van der Waals surface area contributed by atoms with Crippen molar-refractivity contribution in [2.45, 2.75) is 45.4 Å². The highest BCUT2D eigenvalue weighted by Crippen LogP contribution is 2.40. The second-order valence-electron chi connectivity index (χ2n) is 8.28. The number of hydrogen-bond donors (Lipinski definition) is 2. The number of nitrogens with one attached hydrogen (secondary N) is 2. The first-order chi connectivity index (χ1) is 16.1. The van der Waals surface area contributed by atoms with Gasteiger partial charge >= 0.3 is 0 Å². The van der Waals surface area contributed by atoms with Crippen LogP contribution in [0.2, 0.25) is 0 Å². The predicted molar refractivity (Wildman–Crippen MR) is 128 cm³/mol. The molecule has 2 aromatic heterocycles. The summed E-state index contributed by atoms with van der Waals surface area (Å²) in [5.41, 5.74) is 5.16. The third-order valence-electron chi connectivity index (χ3n) is 5.71. The van der Waals surface area contributed by atoms with Gasteiger partial charge in [0.1, 0.15) is 27.7 Å². The molecule has 0 amide bonds. The molecule has 1 aliphatic carbocycles. The van der Waals surface area contributed by atoms with Crippen molar-refractivity contribution in [1.82, 2.24) is 25.5 Å². The lowest BCUT2D eigenvalue weighted by Crippen LogP contribution is -2.19. The molecule has 166 valence electrons. The van der Waals surface area contributed by atoms with Crippen LogP contribution in [0.5, 0.6) is 5.75 Å². The van der Waals surface area contributed by atoms with Crippen LogP contribution in [-0.4, -0.2) is 26.3 Å². The van der Waals surface area contributed by atoms with E-state index in [0.717, 1.165) is 39.8 Å². The summed E-state index contributed by atoms with van der Waals surface area (Å²) in [6.07, 6.45) is 5.66. The fourth-order valence-electron chi connectivity index (χ4n) is 4.24. The largest absolute Gasteiger partial charge is 0.490 e. The smallest absolute Gasteiger partial charge is 0.148 e. The minimum Gasteiger partial charge on any atom is -0.490 e. The van der Waals surface area contributed by atoms with Gasteiger partial charge in [-0.3, -0.25) is 0 Å². The predicted octanol–water partition coefficient (Wildman–Crippen LogP) is 5.03. The molecular formula is C25H24N6OS. The molecule has 0 bridgehead atoms. The van der Waals surface area contributed by atoms with E-state index in [-0.39, 0.29) is 6.10 Å². The molecule has 4 aromatic rings. The minimum atomic E-state index is 0.00801. The standard InChI is InChI=1S/C25H24N6OS/c1-15(2)32-22-9-6-16(12-17(22)13-26)24-30-31-25(33-24)20-5-3-4-19-18(20)7-8-21(19)29-14-23-27-10-11-28-23/h3-6,9-12,15,21,29H,7-8,14H2,1-2H3,(H,27,28). The van der Waals surface area contributed by atoms with E-state index in [1.165, 1.54) is 11.1 Å². The number of aromatic nitrogens is 4. The van der Waals surface area contributed by atoms with Gasteiger partial charge in [0.2, 0.25) is 0 Å². The van der Waals surface area contributed by atoms with Crippen molar-refractivity contribution in [2.75, 3.05) is 0 Å². The summed E-state index contributed by atoms with van der Waals surface area (Å²) in [6.45, 7) is 4.60. The molecule has 1 aliphatic rings. The number of hydrogen-bond acceptors (Lipinski definition) is 7. The van der Waals surface area contributed by atoms with E-state index < -0.39 is 0 Å². The molecule has 2 heterocycles. The number of benzene rings is 2. The Bertz CT molecular complexity index is 1300. The molecule has 33 heavy (non-hydrogen) atoms. The van der Waals surface area contributed by atoms with Crippen molar-refractivity contribution in [3.8, 4) is 33.0 Å². The quantitative estimate of drug-likeness (QED) is 0.405. The van der Waals surface area contributed by atoms with Crippen LogP contribution in [0.25, 0.3) is 21.1 Å². The van der Waals surface area contributed by atoms with Crippen molar-refractivity contribution in [1.29, 1.82) is 5.26 Å². The van der Waals surface area contributed by atoms with Gasteiger partial charge in [-0.15, -0.1) is 10.2 Å². The molecule has 0 aliphatic heterocycles. The number of nitriles is 1. The highest BCUT2D eigenvalue weighted by atomic mass is 32.1. The van der Waals surface area contributed by atoms with Gasteiger partial charge in [0, 0.05) is 29.6 Å². The van der Waals surface area contributed by atoms with Gasteiger partial charge in [-0.2, -0.15) is 5.26 Å². The Morgan fingerprint density at radius 3 is 2.91 bits per heavy atom. The Balaban J connectivity index is 1.39. The van der Waals surface area contributed by atoms with Gasteiger partial charge in [0.15, 0.2) is 0 Å². The van der Waals surface area contributed by atoms with Crippen LogP contribution in [0.4, 0.5) is 0 Å².